The average molecular weight is 312 g/mol. The number of amides is 1. The van der Waals surface area contributed by atoms with Crippen molar-refractivity contribution in [3.05, 3.63) is 57.5 Å². The largest absolute Gasteiger partial charge is 0.454 e. The van der Waals surface area contributed by atoms with E-state index in [0.717, 1.165) is 30.5 Å². The van der Waals surface area contributed by atoms with Gasteiger partial charge in [-0.1, -0.05) is 6.07 Å². The number of H-pyrrole nitrogens is 1. The average Bonchev–Trinajstić information content (AvgIpc) is 3.02. The van der Waals surface area contributed by atoms with Crippen molar-refractivity contribution in [2.75, 3.05) is 6.79 Å². The summed E-state index contributed by atoms with van der Waals surface area (Å²) < 4.78 is 10.5. The normalized spacial score (nSPS) is 18.3. The van der Waals surface area contributed by atoms with Gasteiger partial charge in [-0.25, -0.2) is 0 Å². The number of hydrogen-bond donors (Lipinski definition) is 2. The van der Waals surface area contributed by atoms with Crippen LogP contribution in [-0.2, 0) is 12.8 Å². The molecular formula is C17H16N2O4. The van der Waals surface area contributed by atoms with Gasteiger partial charge < -0.3 is 19.8 Å². The second-order valence-electron chi connectivity index (χ2n) is 5.81. The third-order valence-corrected chi connectivity index (χ3v) is 4.28. The fourth-order valence-corrected chi connectivity index (χ4v) is 3.08. The highest BCUT2D eigenvalue weighted by molar-refractivity contribution is 5.95. The lowest BCUT2D eigenvalue weighted by molar-refractivity contribution is 0.0933. The molecule has 23 heavy (non-hydrogen) atoms. The van der Waals surface area contributed by atoms with Gasteiger partial charge in [-0.3, -0.25) is 9.59 Å². The molecule has 2 aromatic rings. The zero-order chi connectivity index (χ0) is 15.8. The Hall–Kier alpha value is -2.76. The molecule has 2 N–H and O–H groups in total. The first-order chi connectivity index (χ1) is 11.2. The van der Waals surface area contributed by atoms with Crippen molar-refractivity contribution in [2.24, 2.45) is 0 Å². The van der Waals surface area contributed by atoms with Crippen LogP contribution < -0.4 is 20.3 Å². The van der Waals surface area contributed by atoms with Crippen LogP contribution in [0, 0.1) is 0 Å². The number of fused-ring (bicyclic) bond motifs is 2. The quantitative estimate of drug-likeness (QED) is 0.878. The summed E-state index contributed by atoms with van der Waals surface area (Å²) in [5.41, 5.74) is 2.55. The van der Waals surface area contributed by atoms with Crippen LogP contribution in [0.3, 0.4) is 0 Å². The number of ether oxygens (including phenoxy) is 2. The molecule has 6 nitrogen and oxygen atoms in total. The molecule has 6 heteroatoms. The molecule has 0 saturated carbocycles. The maximum absolute atomic E-state index is 12.4. The lowest BCUT2D eigenvalue weighted by Gasteiger charge is -2.25. The number of carbonyl (C=O) groups is 1. The number of nitrogens with one attached hydrogen (secondary N) is 2. The van der Waals surface area contributed by atoms with Gasteiger partial charge in [-0.15, -0.1) is 0 Å². The van der Waals surface area contributed by atoms with Crippen molar-refractivity contribution in [3.8, 4) is 11.5 Å². The first-order valence-corrected chi connectivity index (χ1v) is 7.60. The first-order valence-electron chi connectivity index (χ1n) is 7.60. The molecule has 2 heterocycles. The predicted molar refractivity (Wildman–Crippen MR) is 82.9 cm³/mol. The standard InChI is InChI=1S/C17H16N2O4/c20-16-6-2-10-7-12(3-4-13(10)19-16)18-17(21)11-1-5-14-15(8-11)23-9-22-14/h1-2,5-6,8,12H,3-4,7,9H2,(H,18,21)(H,19,20)/t12-/m0/s1. The van der Waals surface area contributed by atoms with Crippen molar-refractivity contribution in [2.45, 2.75) is 25.3 Å². The van der Waals surface area contributed by atoms with E-state index in [1.807, 2.05) is 6.07 Å². The van der Waals surface area contributed by atoms with Crippen molar-refractivity contribution >= 4 is 5.91 Å². The van der Waals surface area contributed by atoms with E-state index in [2.05, 4.69) is 10.3 Å². The smallest absolute Gasteiger partial charge is 0.251 e. The number of hydrogen-bond acceptors (Lipinski definition) is 4. The number of aryl methyl sites for hydroxylation is 1. The SMILES string of the molecule is O=C(N[C@H]1CCc2[nH]c(=O)ccc2C1)c1ccc2c(c1)OCO2. The molecule has 1 aromatic carbocycles. The Kier molecular flexibility index (Phi) is 3.29. The van der Waals surface area contributed by atoms with Crippen LogP contribution in [0.25, 0.3) is 0 Å². The topological polar surface area (TPSA) is 80.4 Å². The lowest BCUT2D eigenvalue weighted by atomic mass is 9.91. The monoisotopic (exact) mass is 312 g/mol. The zero-order valence-electron chi connectivity index (χ0n) is 12.4. The third-order valence-electron chi connectivity index (χ3n) is 4.28. The number of pyridine rings is 1. The summed E-state index contributed by atoms with van der Waals surface area (Å²) in [6.07, 6.45) is 2.29. The van der Waals surface area contributed by atoms with E-state index in [1.165, 1.54) is 6.07 Å². The van der Waals surface area contributed by atoms with Gasteiger partial charge in [-0.05, 0) is 43.0 Å². The van der Waals surface area contributed by atoms with E-state index in [1.54, 1.807) is 18.2 Å². The minimum absolute atomic E-state index is 0.0614. The van der Waals surface area contributed by atoms with Gasteiger partial charge in [-0.2, -0.15) is 0 Å². The Morgan fingerprint density at radius 3 is 2.96 bits per heavy atom. The summed E-state index contributed by atoms with van der Waals surface area (Å²) >= 11 is 0. The molecule has 0 unspecified atom stereocenters. The molecule has 2 aliphatic rings. The van der Waals surface area contributed by atoms with Gasteiger partial charge in [0.05, 0.1) is 0 Å². The molecule has 4 rings (SSSR count). The van der Waals surface area contributed by atoms with Crippen LogP contribution in [0.5, 0.6) is 11.5 Å². The number of benzene rings is 1. The van der Waals surface area contributed by atoms with Gasteiger partial charge in [0.15, 0.2) is 11.5 Å². The van der Waals surface area contributed by atoms with Gasteiger partial charge >= 0.3 is 0 Å². The lowest BCUT2D eigenvalue weighted by Crippen LogP contribution is -2.39. The summed E-state index contributed by atoms with van der Waals surface area (Å²) in [5.74, 6) is 1.14. The molecule has 1 aromatic heterocycles. The van der Waals surface area contributed by atoms with E-state index in [9.17, 15) is 9.59 Å². The zero-order valence-corrected chi connectivity index (χ0v) is 12.4. The molecule has 0 saturated heterocycles. The molecule has 1 amide bonds. The number of aromatic nitrogens is 1. The van der Waals surface area contributed by atoms with Crippen molar-refractivity contribution in [3.63, 3.8) is 0 Å². The second-order valence-corrected chi connectivity index (χ2v) is 5.81. The molecule has 1 aliphatic carbocycles. The van der Waals surface area contributed by atoms with Crippen molar-refractivity contribution in [1.82, 2.24) is 10.3 Å². The molecule has 1 atom stereocenters. The van der Waals surface area contributed by atoms with E-state index < -0.39 is 0 Å². The molecular weight excluding hydrogens is 296 g/mol. The van der Waals surface area contributed by atoms with Crippen LogP contribution in [0.2, 0.25) is 0 Å². The van der Waals surface area contributed by atoms with Gasteiger partial charge in [0.1, 0.15) is 0 Å². The highest BCUT2D eigenvalue weighted by Crippen LogP contribution is 2.32. The minimum atomic E-state index is -0.124. The van der Waals surface area contributed by atoms with Gasteiger partial charge in [0.25, 0.3) is 5.91 Å². The Morgan fingerprint density at radius 2 is 2.04 bits per heavy atom. The summed E-state index contributed by atoms with van der Waals surface area (Å²) in [6, 6.07) is 8.61. The number of carbonyl (C=O) groups excluding carboxylic acids is 1. The maximum atomic E-state index is 12.4. The molecule has 0 fully saturated rings. The summed E-state index contributed by atoms with van der Waals surface area (Å²) in [4.78, 5) is 26.6. The number of rotatable bonds is 2. The Balaban J connectivity index is 1.47. The first kappa shape index (κ1) is 13.9. The van der Waals surface area contributed by atoms with Crippen LogP contribution in [-0.4, -0.2) is 23.7 Å². The minimum Gasteiger partial charge on any atom is -0.454 e. The van der Waals surface area contributed by atoms with Gasteiger partial charge in [0.2, 0.25) is 12.4 Å². The fraction of sp³-hybridized carbons (Fsp3) is 0.294. The summed E-state index contributed by atoms with van der Waals surface area (Å²) in [6.45, 7) is 0.192. The summed E-state index contributed by atoms with van der Waals surface area (Å²) in [7, 11) is 0. The molecule has 0 radical (unpaired) electrons. The van der Waals surface area contributed by atoms with Crippen LogP contribution in [0.4, 0.5) is 0 Å². The van der Waals surface area contributed by atoms with Crippen LogP contribution in [0.1, 0.15) is 28.0 Å². The molecule has 0 bridgehead atoms. The molecule has 0 spiro atoms. The van der Waals surface area contributed by atoms with Crippen LogP contribution >= 0.6 is 0 Å². The highest BCUT2D eigenvalue weighted by atomic mass is 16.7. The maximum Gasteiger partial charge on any atom is 0.251 e. The molecule has 1 aliphatic heterocycles. The van der Waals surface area contributed by atoms with E-state index in [-0.39, 0.29) is 24.3 Å². The predicted octanol–water partition coefficient (Wildman–Crippen LogP) is 1.39. The van der Waals surface area contributed by atoms with Crippen molar-refractivity contribution < 1.29 is 14.3 Å². The molecule has 118 valence electrons. The second kappa shape index (κ2) is 5.46. The highest BCUT2D eigenvalue weighted by Gasteiger charge is 2.22. The van der Waals surface area contributed by atoms with E-state index in [0.29, 0.717) is 17.1 Å². The Labute approximate surface area is 132 Å². The van der Waals surface area contributed by atoms with E-state index in [4.69, 9.17) is 9.47 Å². The van der Waals surface area contributed by atoms with Gasteiger partial charge in [0, 0.05) is 23.4 Å². The Morgan fingerprint density at radius 1 is 1.17 bits per heavy atom. The van der Waals surface area contributed by atoms with Crippen molar-refractivity contribution in [1.29, 1.82) is 0 Å². The van der Waals surface area contributed by atoms with Crippen LogP contribution in [0.15, 0.2) is 35.1 Å². The summed E-state index contributed by atoms with van der Waals surface area (Å²) in [5, 5.41) is 3.05. The number of aromatic amines is 1. The fourth-order valence-electron chi connectivity index (χ4n) is 3.08. The third kappa shape index (κ3) is 2.67. The Bertz CT molecular complexity index is 828. The van der Waals surface area contributed by atoms with E-state index >= 15 is 0 Å².